The number of amides is 2. The van der Waals surface area contributed by atoms with Gasteiger partial charge in [-0.05, 0) is 12.3 Å². The quantitative estimate of drug-likeness (QED) is 0.106. The van der Waals surface area contributed by atoms with Crippen molar-refractivity contribution in [2.75, 3.05) is 31.8 Å². The zero-order valence-electron chi connectivity index (χ0n) is 19.4. The van der Waals surface area contributed by atoms with Crippen molar-refractivity contribution in [3.8, 4) is 0 Å². The van der Waals surface area contributed by atoms with E-state index in [-0.39, 0.29) is 34.6 Å². The second-order valence-corrected chi connectivity index (χ2v) is 9.97. The van der Waals surface area contributed by atoms with E-state index in [1.54, 1.807) is 6.92 Å². The molecule has 1 aromatic rings. The van der Waals surface area contributed by atoms with E-state index in [4.69, 9.17) is 15.3 Å². The van der Waals surface area contributed by atoms with Crippen LogP contribution in [0.15, 0.2) is 32.6 Å². The molecule has 2 amide bonds. The molecule has 0 saturated carbocycles. The largest absolute Gasteiger partial charge is 0.477 e. The monoisotopic (exact) mass is 571 g/mol. The van der Waals surface area contributed by atoms with Crippen LogP contribution in [0.3, 0.4) is 0 Å². The molecule has 17 heteroatoms. The number of methoxy groups -OCH3 is 1. The number of fused-ring (bicyclic) bond motifs is 1. The van der Waals surface area contributed by atoms with Crippen molar-refractivity contribution in [3.63, 3.8) is 0 Å². The van der Waals surface area contributed by atoms with Crippen LogP contribution in [-0.4, -0.2) is 87.9 Å². The number of nitrogens with one attached hydrogen (secondary N) is 1. The Hall–Kier alpha value is -3.57. The van der Waals surface area contributed by atoms with E-state index >= 15 is 0 Å². The second-order valence-electron chi connectivity index (χ2n) is 6.97. The molecule has 1 fully saturated rings. The molecule has 2 aliphatic heterocycles. The SMILES string of the molecule is CCOC(=O)CO/N=C(/C(=O)N[C@@H]1C(=O)N2C(C(=O)O)=C(S/C=C\C(=O)OC)CS[C@H]12)c1csc(N)n1. The van der Waals surface area contributed by atoms with Gasteiger partial charge in [-0.1, -0.05) is 16.9 Å². The summed E-state index contributed by atoms with van der Waals surface area (Å²) in [6.45, 7) is 1.19. The maximum Gasteiger partial charge on any atom is 0.353 e. The lowest BCUT2D eigenvalue weighted by Gasteiger charge is -2.49. The molecule has 0 radical (unpaired) electrons. The predicted octanol–water partition coefficient (Wildman–Crippen LogP) is 0.125. The standard InChI is InChI=1S/C20H21N5O9S3/c1-3-33-12(27)6-34-24-13(9-7-37-20(21)22-9)16(28)23-14-17(29)25-15(19(30)31)10(8-36-18(14)25)35-5-4-11(26)32-2/h4-5,7,14,18H,3,6,8H2,1-2H3,(H2,21,22)(H,23,28)(H,30,31)/b5-4-,24-13+/t14-,18-/m1/s1. The first-order valence-corrected chi connectivity index (χ1v) is 13.2. The van der Waals surface area contributed by atoms with Gasteiger partial charge in [-0.3, -0.25) is 14.5 Å². The number of rotatable bonds is 11. The van der Waals surface area contributed by atoms with E-state index in [0.29, 0.717) is 4.91 Å². The Labute approximate surface area is 222 Å². The summed E-state index contributed by atoms with van der Waals surface area (Å²) in [5, 5.41) is 18.2. The molecule has 37 heavy (non-hydrogen) atoms. The average Bonchev–Trinajstić information content (AvgIpc) is 3.30. The number of β-lactam (4-membered cyclic amide) rings is 1. The third kappa shape index (κ3) is 6.60. The van der Waals surface area contributed by atoms with Gasteiger partial charge in [-0.2, -0.15) is 0 Å². The zero-order valence-corrected chi connectivity index (χ0v) is 21.8. The number of carbonyl (C=O) groups is 5. The Morgan fingerprint density at radius 2 is 2.16 bits per heavy atom. The van der Waals surface area contributed by atoms with Gasteiger partial charge >= 0.3 is 17.9 Å². The average molecular weight is 572 g/mol. The van der Waals surface area contributed by atoms with Crippen LogP contribution in [-0.2, 0) is 38.3 Å². The summed E-state index contributed by atoms with van der Waals surface area (Å²) >= 11 is 3.25. The summed E-state index contributed by atoms with van der Waals surface area (Å²) in [5.74, 6) is -3.91. The minimum absolute atomic E-state index is 0.0611. The molecule has 3 rings (SSSR count). The van der Waals surface area contributed by atoms with E-state index < -0.39 is 47.7 Å². The fourth-order valence-corrected chi connectivity index (χ4v) is 5.94. The molecule has 0 aromatic carbocycles. The zero-order chi connectivity index (χ0) is 27.1. The maximum absolute atomic E-state index is 13.0. The molecule has 0 unspecified atom stereocenters. The van der Waals surface area contributed by atoms with Crippen molar-refractivity contribution < 1.29 is 43.4 Å². The number of hydrogen-bond acceptors (Lipinski definition) is 14. The maximum atomic E-state index is 13.0. The van der Waals surface area contributed by atoms with Crippen molar-refractivity contribution >= 4 is 75.4 Å². The first kappa shape index (κ1) is 28.0. The number of thioether (sulfide) groups is 2. The number of nitrogens with two attached hydrogens (primary N) is 1. The van der Waals surface area contributed by atoms with Crippen molar-refractivity contribution in [2.24, 2.45) is 5.16 Å². The summed E-state index contributed by atoms with van der Waals surface area (Å²) in [6, 6.07) is -1.06. The van der Waals surface area contributed by atoms with Crippen LogP contribution < -0.4 is 11.1 Å². The number of carboxylic acid groups (broad SMARTS) is 1. The van der Waals surface area contributed by atoms with Crippen LogP contribution in [0.1, 0.15) is 12.6 Å². The lowest BCUT2D eigenvalue weighted by molar-refractivity contribution is -0.150. The van der Waals surface area contributed by atoms with E-state index in [1.165, 1.54) is 29.7 Å². The van der Waals surface area contributed by atoms with Crippen LogP contribution >= 0.6 is 34.9 Å². The molecule has 0 aliphatic carbocycles. The normalized spacial score (nSPS) is 19.2. The molecule has 0 spiro atoms. The number of nitrogen functional groups attached to an aromatic ring is 1. The van der Waals surface area contributed by atoms with Gasteiger partial charge in [0.2, 0.25) is 6.61 Å². The number of nitrogens with zero attached hydrogens (tertiary/aromatic N) is 3. The fraction of sp³-hybridized carbons (Fsp3) is 0.350. The van der Waals surface area contributed by atoms with Crippen molar-refractivity contribution in [1.82, 2.24) is 15.2 Å². The molecule has 2 atom stereocenters. The Balaban J connectivity index is 1.75. The molecule has 2 aliphatic rings. The lowest BCUT2D eigenvalue weighted by atomic mass is 10.0. The Kier molecular flexibility index (Phi) is 9.54. The van der Waals surface area contributed by atoms with E-state index in [0.717, 1.165) is 34.1 Å². The van der Waals surface area contributed by atoms with Crippen LogP contribution in [0.2, 0.25) is 0 Å². The van der Waals surface area contributed by atoms with E-state index in [9.17, 15) is 29.1 Å². The number of thiazole rings is 1. The molecular weight excluding hydrogens is 550 g/mol. The number of anilines is 1. The summed E-state index contributed by atoms with van der Waals surface area (Å²) < 4.78 is 9.23. The van der Waals surface area contributed by atoms with Crippen LogP contribution in [0.25, 0.3) is 0 Å². The third-order valence-corrected chi connectivity index (χ3v) is 7.69. The smallest absolute Gasteiger partial charge is 0.353 e. The van der Waals surface area contributed by atoms with E-state index in [1.807, 2.05) is 0 Å². The number of carbonyl (C=O) groups excluding carboxylic acids is 4. The number of esters is 2. The number of carboxylic acids is 1. The molecule has 1 aromatic heterocycles. The molecule has 1 saturated heterocycles. The highest BCUT2D eigenvalue weighted by Crippen LogP contribution is 2.43. The van der Waals surface area contributed by atoms with Gasteiger partial charge in [0.1, 0.15) is 22.8 Å². The van der Waals surface area contributed by atoms with Gasteiger partial charge in [0.25, 0.3) is 11.8 Å². The summed E-state index contributed by atoms with van der Waals surface area (Å²) in [4.78, 5) is 71.0. The van der Waals surface area contributed by atoms with Gasteiger partial charge in [0.15, 0.2) is 10.8 Å². The van der Waals surface area contributed by atoms with Crippen molar-refractivity contribution in [2.45, 2.75) is 18.3 Å². The first-order valence-electron chi connectivity index (χ1n) is 10.4. The summed E-state index contributed by atoms with van der Waals surface area (Å²) in [5.41, 5.74) is 5.14. The number of aromatic nitrogens is 1. The molecule has 3 heterocycles. The second kappa shape index (κ2) is 12.6. The highest BCUT2D eigenvalue weighted by Gasteiger charge is 2.54. The summed E-state index contributed by atoms with van der Waals surface area (Å²) in [7, 11) is 1.21. The first-order chi connectivity index (χ1) is 17.7. The topological polar surface area (TPSA) is 200 Å². The molecule has 198 valence electrons. The van der Waals surface area contributed by atoms with Crippen LogP contribution in [0.4, 0.5) is 5.13 Å². The van der Waals surface area contributed by atoms with Crippen molar-refractivity contribution in [3.05, 3.63) is 33.2 Å². The molecule has 0 bridgehead atoms. The Morgan fingerprint density at radius 1 is 1.41 bits per heavy atom. The number of aliphatic carboxylic acids is 1. The Morgan fingerprint density at radius 3 is 2.78 bits per heavy atom. The number of ether oxygens (including phenoxy) is 2. The van der Waals surface area contributed by atoms with Gasteiger partial charge in [-0.15, -0.1) is 23.1 Å². The lowest BCUT2D eigenvalue weighted by Crippen LogP contribution is -2.71. The van der Waals surface area contributed by atoms with E-state index in [2.05, 4.69) is 20.2 Å². The van der Waals surface area contributed by atoms with Gasteiger partial charge < -0.3 is 30.5 Å². The molecule has 14 nitrogen and oxygen atoms in total. The summed E-state index contributed by atoms with van der Waals surface area (Å²) in [6.07, 6.45) is 1.13. The predicted molar refractivity (Wildman–Crippen MR) is 134 cm³/mol. The minimum Gasteiger partial charge on any atom is -0.477 e. The van der Waals surface area contributed by atoms with Gasteiger partial charge in [0.05, 0.1) is 13.7 Å². The molecule has 4 N–H and O–H groups in total. The highest BCUT2D eigenvalue weighted by molar-refractivity contribution is 8.08. The highest BCUT2D eigenvalue weighted by atomic mass is 32.2. The fourth-order valence-electron chi connectivity index (χ4n) is 3.08. The third-order valence-electron chi connectivity index (χ3n) is 4.66. The number of hydrogen-bond donors (Lipinski definition) is 3. The van der Waals surface area contributed by atoms with Crippen molar-refractivity contribution in [1.29, 1.82) is 0 Å². The Bertz CT molecular complexity index is 1200. The number of oxime groups is 1. The van der Waals surface area contributed by atoms with Crippen LogP contribution in [0.5, 0.6) is 0 Å². The van der Waals surface area contributed by atoms with Crippen LogP contribution in [0, 0.1) is 0 Å². The molecular formula is C20H21N5O9S3. The van der Waals surface area contributed by atoms with Gasteiger partial charge in [0, 0.05) is 22.1 Å². The van der Waals surface area contributed by atoms with Gasteiger partial charge in [-0.25, -0.2) is 19.4 Å². The minimum atomic E-state index is -1.33.